The third kappa shape index (κ3) is 1.97. The van der Waals surface area contributed by atoms with Crippen LogP contribution in [0.2, 0.25) is 0 Å². The molecule has 0 aliphatic rings. The molecular weight excluding hydrogens is 244 g/mol. The number of H-pyrrole nitrogens is 1. The van der Waals surface area contributed by atoms with E-state index in [9.17, 15) is 4.79 Å². The van der Waals surface area contributed by atoms with Gasteiger partial charge >= 0.3 is 0 Å². The van der Waals surface area contributed by atoms with E-state index in [1.807, 2.05) is 24.3 Å². The van der Waals surface area contributed by atoms with Gasteiger partial charge in [0.2, 0.25) is 0 Å². The molecule has 3 aromatic rings. The zero-order chi connectivity index (χ0) is 13.2. The van der Waals surface area contributed by atoms with Crippen molar-refractivity contribution in [1.82, 2.24) is 20.4 Å². The molecule has 0 bridgehead atoms. The van der Waals surface area contributed by atoms with Gasteiger partial charge in [-0.05, 0) is 12.1 Å². The molecule has 19 heavy (non-hydrogen) atoms. The second-order valence-corrected chi connectivity index (χ2v) is 3.89. The molecule has 1 aromatic carbocycles. The third-order valence-corrected chi connectivity index (χ3v) is 2.67. The van der Waals surface area contributed by atoms with Crippen LogP contribution in [0.15, 0.2) is 36.5 Å². The Labute approximate surface area is 107 Å². The van der Waals surface area contributed by atoms with Crippen molar-refractivity contribution in [2.75, 3.05) is 11.1 Å². The van der Waals surface area contributed by atoms with Crippen molar-refractivity contribution in [1.29, 1.82) is 0 Å². The number of hydrogen-bond donors (Lipinski definition) is 3. The average Bonchev–Trinajstić information content (AvgIpc) is 2.85. The topological polar surface area (TPSA) is 110 Å². The second-order valence-electron chi connectivity index (χ2n) is 3.89. The molecule has 4 N–H and O–H groups in total. The van der Waals surface area contributed by atoms with Crippen LogP contribution >= 0.6 is 0 Å². The number of rotatable bonds is 2. The van der Waals surface area contributed by atoms with Crippen molar-refractivity contribution in [3.05, 3.63) is 42.2 Å². The molecule has 0 atom stereocenters. The van der Waals surface area contributed by atoms with E-state index < -0.39 is 5.91 Å². The lowest BCUT2D eigenvalue weighted by molar-refractivity contribution is 0.102. The van der Waals surface area contributed by atoms with Gasteiger partial charge in [-0.15, -0.1) is 10.2 Å². The highest BCUT2D eigenvalue weighted by molar-refractivity contribution is 6.09. The van der Waals surface area contributed by atoms with Crippen molar-refractivity contribution in [2.24, 2.45) is 0 Å². The molecule has 0 unspecified atom stereocenters. The minimum atomic E-state index is -0.426. The maximum absolute atomic E-state index is 12.0. The Morgan fingerprint density at radius 1 is 1.21 bits per heavy atom. The molecule has 3 rings (SSSR count). The zero-order valence-electron chi connectivity index (χ0n) is 9.79. The van der Waals surface area contributed by atoms with Crippen LogP contribution in [0.5, 0.6) is 0 Å². The third-order valence-electron chi connectivity index (χ3n) is 2.67. The predicted molar refractivity (Wildman–Crippen MR) is 70.5 cm³/mol. The largest absolute Gasteiger partial charge is 0.380 e. The van der Waals surface area contributed by atoms with Crippen LogP contribution in [0.4, 0.5) is 11.5 Å². The van der Waals surface area contributed by atoms with Crippen LogP contribution in [-0.4, -0.2) is 26.3 Å². The number of nitrogen functional groups attached to an aromatic ring is 1. The summed E-state index contributed by atoms with van der Waals surface area (Å²) in [6.07, 6.45) is 1.67. The first kappa shape index (κ1) is 11.1. The summed E-state index contributed by atoms with van der Waals surface area (Å²) in [5, 5.41) is 13.3. The minimum Gasteiger partial charge on any atom is -0.380 e. The Balaban J connectivity index is 1.98. The van der Waals surface area contributed by atoms with Crippen LogP contribution < -0.4 is 11.1 Å². The molecule has 94 valence electrons. The quantitative estimate of drug-likeness (QED) is 0.636. The molecule has 0 aliphatic carbocycles. The Morgan fingerprint density at radius 2 is 2.05 bits per heavy atom. The lowest BCUT2D eigenvalue weighted by Gasteiger charge is -2.06. The number of nitrogens with two attached hydrogens (primary N) is 1. The van der Waals surface area contributed by atoms with Gasteiger partial charge < -0.3 is 11.1 Å². The number of nitrogens with one attached hydrogen (secondary N) is 2. The highest BCUT2D eigenvalue weighted by atomic mass is 16.2. The number of hydrogen-bond acceptors (Lipinski definition) is 5. The number of aromatic amines is 1. The number of amides is 1. The fourth-order valence-corrected chi connectivity index (χ4v) is 1.79. The number of carbonyl (C=O) groups is 1. The van der Waals surface area contributed by atoms with E-state index >= 15 is 0 Å². The summed E-state index contributed by atoms with van der Waals surface area (Å²) in [4.78, 5) is 16.2. The fraction of sp³-hybridized carbons (Fsp3) is 0. The van der Waals surface area contributed by atoms with Crippen LogP contribution in [0.3, 0.4) is 0 Å². The van der Waals surface area contributed by atoms with Crippen LogP contribution in [0, 0.1) is 0 Å². The van der Waals surface area contributed by atoms with E-state index in [-0.39, 0.29) is 11.5 Å². The van der Waals surface area contributed by atoms with Gasteiger partial charge in [0.15, 0.2) is 11.5 Å². The first-order chi connectivity index (χ1) is 9.25. The number of para-hydroxylation sites is 1. The van der Waals surface area contributed by atoms with E-state index in [4.69, 9.17) is 5.73 Å². The molecular formula is C12H10N6O. The number of aromatic nitrogens is 4. The maximum atomic E-state index is 12.0. The molecule has 2 heterocycles. The molecule has 2 aromatic heterocycles. The predicted octanol–water partition coefficient (Wildman–Crippen LogP) is 1.19. The minimum absolute atomic E-state index is 0.0608. The highest BCUT2D eigenvalue weighted by Gasteiger charge is 2.15. The summed E-state index contributed by atoms with van der Waals surface area (Å²) < 4.78 is 0. The first-order valence-electron chi connectivity index (χ1n) is 5.57. The lowest BCUT2D eigenvalue weighted by Crippen LogP contribution is -2.14. The Kier molecular flexibility index (Phi) is 2.57. The molecule has 0 saturated heterocycles. The van der Waals surface area contributed by atoms with Crippen molar-refractivity contribution in [3.8, 4) is 0 Å². The van der Waals surface area contributed by atoms with Crippen LogP contribution in [0.1, 0.15) is 10.5 Å². The van der Waals surface area contributed by atoms with Crippen molar-refractivity contribution in [3.63, 3.8) is 0 Å². The second kappa shape index (κ2) is 4.37. The smallest absolute Gasteiger partial charge is 0.280 e. The average molecular weight is 254 g/mol. The summed E-state index contributed by atoms with van der Waals surface area (Å²) in [6.45, 7) is 0. The number of nitrogens with zero attached hydrogens (tertiary/aromatic N) is 3. The van der Waals surface area contributed by atoms with Gasteiger partial charge in [0.25, 0.3) is 5.91 Å². The molecule has 0 fully saturated rings. The number of anilines is 2. The number of pyridine rings is 1. The van der Waals surface area contributed by atoms with Gasteiger partial charge in [-0.3, -0.25) is 9.78 Å². The SMILES string of the molecule is Nc1n[nH]nc1C(=O)Nc1cccc2cccnc12. The van der Waals surface area contributed by atoms with Gasteiger partial charge in [0, 0.05) is 11.6 Å². The Bertz CT molecular complexity index is 745. The van der Waals surface area contributed by atoms with E-state index in [1.165, 1.54) is 0 Å². The lowest BCUT2D eigenvalue weighted by atomic mass is 10.2. The molecule has 7 nitrogen and oxygen atoms in total. The van der Waals surface area contributed by atoms with Gasteiger partial charge in [-0.25, -0.2) is 0 Å². The molecule has 0 spiro atoms. The first-order valence-corrected chi connectivity index (χ1v) is 5.57. The molecule has 0 aliphatic heterocycles. The summed E-state index contributed by atoms with van der Waals surface area (Å²) >= 11 is 0. The summed E-state index contributed by atoms with van der Waals surface area (Å²) in [7, 11) is 0. The molecule has 0 saturated carbocycles. The highest BCUT2D eigenvalue weighted by Crippen LogP contribution is 2.21. The summed E-state index contributed by atoms with van der Waals surface area (Å²) in [6, 6.07) is 9.28. The monoisotopic (exact) mass is 254 g/mol. The Morgan fingerprint density at radius 3 is 2.84 bits per heavy atom. The Hall–Kier alpha value is -2.96. The maximum Gasteiger partial charge on any atom is 0.280 e. The van der Waals surface area contributed by atoms with Crippen molar-refractivity contribution >= 4 is 28.3 Å². The van der Waals surface area contributed by atoms with E-state index in [1.54, 1.807) is 12.3 Å². The van der Waals surface area contributed by atoms with Crippen LogP contribution in [-0.2, 0) is 0 Å². The van der Waals surface area contributed by atoms with Gasteiger partial charge in [-0.2, -0.15) is 5.21 Å². The standard InChI is InChI=1S/C12H10N6O/c13-11-10(16-18-17-11)12(19)15-8-5-1-3-7-4-2-6-14-9(7)8/h1-6H,(H,15,19)(H3,13,16,17,18). The molecule has 7 heteroatoms. The summed E-state index contributed by atoms with van der Waals surface area (Å²) in [5.41, 5.74) is 6.90. The number of benzene rings is 1. The normalized spacial score (nSPS) is 10.5. The van der Waals surface area contributed by atoms with Crippen molar-refractivity contribution < 1.29 is 4.79 Å². The van der Waals surface area contributed by atoms with Crippen LogP contribution in [0.25, 0.3) is 10.9 Å². The fourth-order valence-electron chi connectivity index (χ4n) is 1.79. The van der Waals surface area contributed by atoms with E-state index in [0.717, 1.165) is 5.39 Å². The van der Waals surface area contributed by atoms with Gasteiger partial charge in [0.1, 0.15) is 0 Å². The van der Waals surface area contributed by atoms with E-state index in [0.29, 0.717) is 11.2 Å². The molecule has 0 radical (unpaired) electrons. The zero-order valence-corrected chi connectivity index (χ0v) is 9.79. The van der Waals surface area contributed by atoms with Gasteiger partial charge in [0.05, 0.1) is 11.2 Å². The van der Waals surface area contributed by atoms with E-state index in [2.05, 4.69) is 25.7 Å². The van der Waals surface area contributed by atoms with Gasteiger partial charge in [-0.1, -0.05) is 18.2 Å². The molecule has 1 amide bonds. The summed E-state index contributed by atoms with van der Waals surface area (Å²) in [5.74, 6) is -0.366. The van der Waals surface area contributed by atoms with Crippen molar-refractivity contribution in [2.45, 2.75) is 0 Å². The number of carbonyl (C=O) groups excluding carboxylic acids is 1. The number of fused-ring (bicyclic) bond motifs is 1.